The van der Waals surface area contributed by atoms with Crippen LogP contribution in [0.3, 0.4) is 0 Å². The van der Waals surface area contributed by atoms with Crippen molar-refractivity contribution in [2.75, 3.05) is 13.2 Å². The first-order valence-corrected chi connectivity index (χ1v) is 6.90. The van der Waals surface area contributed by atoms with Gasteiger partial charge in [0.05, 0.1) is 25.3 Å². The number of carbonyl (C=O) groups excluding carboxylic acids is 2. The van der Waals surface area contributed by atoms with Crippen LogP contribution in [0.2, 0.25) is 0 Å². The van der Waals surface area contributed by atoms with Gasteiger partial charge in [0.2, 0.25) is 0 Å². The van der Waals surface area contributed by atoms with Crippen LogP contribution >= 0.6 is 0 Å². The number of rotatable bonds is 7. The molecule has 0 bridgehead atoms. The van der Waals surface area contributed by atoms with Gasteiger partial charge in [-0.15, -0.1) is 0 Å². The van der Waals surface area contributed by atoms with Crippen LogP contribution in [0, 0.1) is 6.92 Å². The van der Waals surface area contributed by atoms with Gasteiger partial charge in [-0.1, -0.05) is 6.92 Å². The monoisotopic (exact) mass is 282 g/mol. The number of hydrogen-bond acceptors (Lipinski definition) is 5. The molecule has 6 nitrogen and oxygen atoms in total. The zero-order chi connectivity index (χ0) is 15.1. The molecule has 0 amide bonds. The first kappa shape index (κ1) is 16.2. The van der Waals surface area contributed by atoms with Crippen LogP contribution in [0.5, 0.6) is 0 Å². The van der Waals surface area contributed by atoms with E-state index < -0.39 is 18.0 Å². The van der Waals surface area contributed by atoms with Gasteiger partial charge < -0.3 is 14.0 Å². The number of ether oxygens (including phenoxy) is 2. The molecule has 0 saturated heterocycles. The molecule has 0 saturated carbocycles. The van der Waals surface area contributed by atoms with Crippen molar-refractivity contribution in [1.82, 2.24) is 9.55 Å². The molecule has 0 N–H and O–H groups in total. The highest BCUT2D eigenvalue weighted by molar-refractivity contribution is 5.81. The fourth-order valence-electron chi connectivity index (χ4n) is 2.01. The molecule has 0 aliphatic heterocycles. The van der Waals surface area contributed by atoms with Gasteiger partial charge >= 0.3 is 11.9 Å². The van der Waals surface area contributed by atoms with E-state index in [4.69, 9.17) is 9.47 Å². The average molecular weight is 282 g/mol. The molecule has 0 fully saturated rings. The van der Waals surface area contributed by atoms with Crippen molar-refractivity contribution in [3.8, 4) is 0 Å². The number of aromatic nitrogens is 2. The Kier molecular flexibility index (Phi) is 6.21. The SMILES string of the molecule is CCOC(=O)CC(C(=O)OCC)n1cc(C)nc1CC. The summed E-state index contributed by atoms with van der Waals surface area (Å²) in [4.78, 5) is 28.1. The Bertz CT molecular complexity index is 468. The predicted molar refractivity (Wildman–Crippen MR) is 73.3 cm³/mol. The van der Waals surface area contributed by atoms with E-state index in [9.17, 15) is 9.59 Å². The van der Waals surface area contributed by atoms with Crippen LogP contribution in [-0.4, -0.2) is 34.7 Å². The molecular weight excluding hydrogens is 260 g/mol. The van der Waals surface area contributed by atoms with E-state index in [1.54, 1.807) is 24.6 Å². The lowest BCUT2D eigenvalue weighted by Crippen LogP contribution is -2.26. The minimum absolute atomic E-state index is 0.0462. The Balaban J connectivity index is 3.02. The Labute approximate surface area is 119 Å². The van der Waals surface area contributed by atoms with Crippen molar-refractivity contribution in [2.24, 2.45) is 0 Å². The highest BCUT2D eigenvalue weighted by atomic mass is 16.5. The summed E-state index contributed by atoms with van der Waals surface area (Å²) in [6.45, 7) is 7.83. The third-order valence-corrected chi connectivity index (χ3v) is 2.81. The zero-order valence-corrected chi connectivity index (χ0v) is 12.5. The molecule has 6 heteroatoms. The number of carbonyl (C=O) groups is 2. The molecular formula is C14H22N2O4. The Morgan fingerprint density at radius 1 is 1.25 bits per heavy atom. The Morgan fingerprint density at radius 2 is 1.90 bits per heavy atom. The first-order chi connectivity index (χ1) is 9.53. The van der Waals surface area contributed by atoms with E-state index in [-0.39, 0.29) is 19.6 Å². The van der Waals surface area contributed by atoms with Crippen LogP contribution in [0.4, 0.5) is 0 Å². The highest BCUT2D eigenvalue weighted by Crippen LogP contribution is 2.19. The van der Waals surface area contributed by atoms with Crippen LogP contribution in [-0.2, 0) is 25.5 Å². The van der Waals surface area contributed by atoms with Crippen molar-refractivity contribution < 1.29 is 19.1 Å². The largest absolute Gasteiger partial charge is 0.466 e. The summed E-state index contributed by atoms with van der Waals surface area (Å²) in [5, 5.41) is 0. The van der Waals surface area contributed by atoms with E-state index >= 15 is 0 Å². The van der Waals surface area contributed by atoms with Gasteiger partial charge in [-0.2, -0.15) is 0 Å². The van der Waals surface area contributed by atoms with Gasteiger partial charge in [0.25, 0.3) is 0 Å². The third kappa shape index (κ3) is 4.08. The molecule has 1 atom stereocenters. The summed E-state index contributed by atoms with van der Waals surface area (Å²) >= 11 is 0. The second-order valence-electron chi connectivity index (χ2n) is 4.34. The quantitative estimate of drug-likeness (QED) is 0.713. The molecule has 1 unspecified atom stereocenters. The van der Waals surface area contributed by atoms with Crippen LogP contribution in [0.15, 0.2) is 6.20 Å². The van der Waals surface area contributed by atoms with Crippen LogP contribution in [0.25, 0.3) is 0 Å². The average Bonchev–Trinajstić information content (AvgIpc) is 2.77. The second-order valence-corrected chi connectivity index (χ2v) is 4.34. The van der Waals surface area contributed by atoms with Crippen molar-refractivity contribution in [3.63, 3.8) is 0 Å². The van der Waals surface area contributed by atoms with Gasteiger partial charge in [-0.3, -0.25) is 4.79 Å². The Morgan fingerprint density at radius 3 is 2.45 bits per heavy atom. The summed E-state index contributed by atoms with van der Waals surface area (Å²) < 4.78 is 11.7. The van der Waals surface area contributed by atoms with E-state index in [0.717, 1.165) is 11.5 Å². The second kappa shape index (κ2) is 7.67. The molecule has 0 radical (unpaired) electrons. The molecule has 0 spiro atoms. The summed E-state index contributed by atoms with van der Waals surface area (Å²) in [6.07, 6.45) is 2.39. The van der Waals surface area contributed by atoms with Gasteiger partial charge in [-0.05, 0) is 20.8 Å². The van der Waals surface area contributed by atoms with E-state index in [1.807, 2.05) is 13.8 Å². The fourth-order valence-corrected chi connectivity index (χ4v) is 2.01. The lowest BCUT2D eigenvalue weighted by Gasteiger charge is -2.18. The van der Waals surface area contributed by atoms with Gasteiger partial charge in [0.1, 0.15) is 11.9 Å². The lowest BCUT2D eigenvalue weighted by molar-refractivity contribution is -0.153. The van der Waals surface area contributed by atoms with Crippen LogP contribution < -0.4 is 0 Å². The lowest BCUT2D eigenvalue weighted by atomic mass is 10.2. The summed E-state index contributed by atoms with van der Waals surface area (Å²) in [6, 6.07) is -0.717. The topological polar surface area (TPSA) is 70.4 Å². The fraction of sp³-hybridized carbons (Fsp3) is 0.643. The maximum Gasteiger partial charge on any atom is 0.329 e. The molecule has 0 aliphatic rings. The number of aryl methyl sites for hydroxylation is 2. The standard InChI is InChI=1S/C14H22N2O4/c1-5-12-15-10(4)9-16(12)11(14(18)20-7-3)8-13(17)19-6-2/h9,11H,5-8H2,1-4H3. The molecule has 1 rings (SSSR count). The van der Waals surface area contributed by atoms with Gasteiger partial charge in [0, 0.05) is 12.6 Å². The predicted octanol–water partition coefficient (Wildman–Crippen LogP) is 1.81. The number of imidazole rings is 1. The molecule has 112 valence electrons. The molecule has 0 aromatic carbocycles. The highest BCUT2D eigenvalue weighted by Gasteiger charge is 2.27. The van der Waals surface area contributed by atoms with E-state index in [0.29, 0.717) is 6.42 Å². The molecule has 20 heavy (non-hydrogen) atoms. The van der Waals surface area contributed by atoms with Crippen molar-refractivity contribution in [1.29, 1.82) is 0 Å². The minimum atomic E-state index is -0.717. The summed E-state index contributed by atoms with van der Waals surface area (Å²) in [5.74, 6) is -0.100. The zero-order valence-electron chi connectivity index (χ0n) is 12.5. The molecule has 1 heterocycles. The summed E-state index contributed by atoms with van der Waals surface area (Å²) in [7, 11) is 0. The number of hydrogen-bond donors (Lipinski definition) is 0. The maximum absolute atomic E-state index is 12.1. The number of nitrogens with zero attached hydrogens (tertiary/aromatic N) is 2. The molecule has 1 aromatic heterocycles. The summed E-state index contributed by atoms with van der Waals surface area (Å²) in [5.41, 5.74) is 0.806. The molecule has 1 aromatic rings. The normalized spacial score (nSPS) is 12.0. The van der Waals surface area contributed by atoms with Gasteiger partial charge in [0.15, 0.2) is 0 Å². The minimum Gasteiger partial charge on any atom is -0.466 e. The van der Waals surface area contributed by atoms with E-state index in [2.05, 4.69) is 4.98 Å². The smallest absolute Gasteiger partial charge is 0.329 e. The molecule has 0 aliphatic carbocycles. The first-order valence-electron chi connectivity index (χ1n) is 6.90. The van der Waals surface area contributed by atoms with Crippen molar-refractivity contribution >= 4 is 11.9 Å². The third-order valence-electron chi connectivity index (χ3n) is 2.81. The van der Waals surface area contributed by atoms with Gasteiger partial charge in [-0.25, -0.2) is 9.78 Å². The maximum atomic E-state index is 12.1. The van der Waals surface area contributed by atoms with Crippen molar-refractivity contribution in [3.05, 3.63) is 17.7 Å². The van der Waals surface area contributed by atoms with Crippen molar-refractivity contribution in [2.45, 2.75) is 46.6 Å². The van der Waals surface area contributed by atoms with Crippen LogP contribution in [0.1, 0.15) is 44.8 Å². The number of esters is 2. The van der Waals surface area contributed by atoms with E-state index in [1.165, 1.54) is 0 Å². The Hall–Kier alpha value is -1.85.